The average Bonchev–Trinajstić information content (AvgIpc) is 2.56. The molecule has 3 N–H and O–H groups in total. The summed E-state index contributed by atoms with van der Waals surface area (Å²) in [4.78, 5) is 25.0. The zero-order valence-electron chi connectivity index (χ0n) is 15.0. The number of amides is 2. The summed E-state index contributed by atoms with van der Waals surface area (Å²) in [6, 6.07) is 12.9. The molecule has 2 rings (SSSR count). The number of nitrogens with one attached hydrogen (secondary N) is 3. The number of quaternary nitrogens is 1. The van der Waals surface area contributed by atoms with Crippen molar-refractivity contribution in [3.8, 4) is 0 Å². The highest BCUT2D eigenvalue weighted by Crippen LogP contribution is 2.20. The summed E-state index contributed by atoms with van der Waals surface area (Å²) in [5.74, 6) is -0.637. The second-order valence-corrected chi connectivity index (χ2v) is 8.60. The van der Waals surface area contributed by atoms with Crippen LogP contribution in [0.15, 0.2) is 53.4 Å². The largest absolute Gasteiger partial charge is 0.322 e. The first-order valence-electron chi connectivity index (χ1n) is 8.11. The molecule has 0 bridgehead atoms. The van der Waals surface area contributed by atoms with Crippen molar-refractivity contribution in [3.05, 3.63) is 53.6 Å². The van der Waals surface area contributed by atoms with Gasteiger partial charge >= 0.3 is 0 Å². The molecule has 0 aliphatic carbocycles. The number of carbonyl (C=O) groups is 2. The summed E-state index contributed by atoms with van der Waals surface area (Å²) in [6.45, 7) is 0.0793. The standard InChI is InChI=1S/C18H20ClN3O4S/c1-22(11-17(23)20-14-9-7-13(19)8-10-14)12-18(24)21-15-5-3-4-6-16(15)27(2,25)26/h3-10H,11-12H2,1-2H3,(H,20,23)(H,21,24)/p+1. The van der Waals surface area contributed by atoms with Crippen molar-refractivity contribution in [2.24, 2.45) is 0 Å². The molecule has 0 spiro atoms. The highest BCUT2D eigenvalue weighted by atomic mass is 35.5. The third-order valence-corrected chi connectivity index (χ3v) is 5.02. The third-order valence-electron chi connectivity index (χ3n) is 3.61. The number of sulfone groups is 1. The summed E-state index contributed by atoms with van der Waals surface area (Å²) in [5.41, 5.74) is 0.840. The Kier molecular flexibility index (Phi) is 6.95. The number of likely N-dealkylation sites (N-methyl/N-ethyl adjacent to an activating group) is 1. The molecule has 0 saturated carbocycles. The Morgan fingerprint density at radius 1 is 0.963 bits per heavy atom. The van der Waals surface area contributed by atoms with Crippen LogP contribution in [-0.4, -0.2) is 46.6 Å². The molecule has 2 aromatic carbocycles. The van der Waals surface area contributed by atoms with Crippen LogP contribution in [0.5, 0.6) is 0 Å². The molecule has 0 heterocycles. The molecule has 27 heavy (non-hydrogen) atoms. The smallest absolute Gasteiger partial charge is 0.279 e. The van der Waals surface area contributed by atoms with E-state index in [2.05, 4.69) is 10.6 Å². The summed E-state index contributed by atoms with van der Waals surface area (Å²) in [6.07, 6.45) is 1.08. The van der Waals surface area contributed by atoms with Crippen LogP contribution in [0.4, 0.5) is 11.4 Å². The van der Waals surface area contributed by atoms with Crippen LogP contribution in [0.3, 0.4) is 0 Å². The van der Waals surface area contributed by atoms with Gasteiger partial charge in [0.25, 0.3) is 11.8 Å². The topological polar surface area (TPSA) is 96.8 Å². The van der Waals surface area contributed by atoms with Crippen LogP contribution in [0.2, 0.25) is 5.02 Å². The van der Waals surface area contributed by atoms with Gasteiger partial charge < -0.3 is 15.5 Å². The van der Waals surface area contributed by atoms with Gasteiger partial charge in [-0.05, 0) is 36.4 Å². The highest BCUT2D eigenvalue weighted by molar-refractivity contribution is 7.90. The molecule has 144 valence electrons. The van der Waals surface area contributed by atoms with Crippen molar-refractivity contribution in [3.63, 3.8) is 0 Å². The number of benzene rings is 2. The maximum atomic E-state index is 12.2. The molecule has 0 aliphatic rings. The first-order chi connectivity index (χ1) is 12.6. The Morgan fingerprint density at radius 3 is 2.11 bits per heavy atom. The fourth-order valence-electron chi connectivity index (χ4n) is 2.44. The quantitative estimate of drug-likeness (QED) is 0.630. The lowest BCUT2D eigenvalue weighted by Gasteiger charge is -2.15. The first kappa shape index (κ1) is 20.9. The number of rotatable bonds is 7. The molecule has 1 unspecified atom stereocenters. The second-order valence-electron chi connectivity index (χ2n) is 6.18. The van der Waals surface area contributed by atoms with Crippen LogP contribution in [0.1, 0.15) is 0 Å². The average molecular weight is 411 g/mol. The molecule has 7 nitrogen and oxygen atoms in total. The second kappa shape index (κ2) is 8.98. The van der Waals surface area contributed by atoms with Crippen LogP contribution in [-0.2, 0) is 19.4 Å². The van der Waals surface area contributed by atoms with E-state index in [0.29, 0.717) is 15.6 Å². The molecule has 2 aromatic rings. The highest BCUT2D eigenvalue weighted by Gasteiger charge is 2.18. The van der Waals surface area contributed by atoms with Gasteiger partial charge in [-0.1, -0.05) is 23.7 Å². The molecule has 0 aromatic heterocycles. The van der Waals surface area contributed by atoms with Crippen LogP contribution in [0.25, 0.3) is 0 Å². The zero-order valence-corrected chi connectivity index (χ0v) is 16.5. The molecule has 0 saturated heterocycles. The minimum absolute atomic E-state index is 0.00609. The van der Waals surface area contributed by atoms with Crippen LogP contribution >= 0.6 is 11.6 Å². The summed E-state index contributed by atoms with van der Waals surface area (Å²) >= 11 is 5.80. The lowest BCUT2D eigenvalue weighted by molar-refractivity contribution is -0.862. The van der Waals surface area contributed by atoms with E-state index >= 15 is 0 Å². The van der Waals surface area contributed by atoms with Crippen molar-refractivity contribution in [2.75, 3.05) is 37.0 Å². The fraction of sp³-hybridized carbons (Fsp3) is 0.222. The summed E-state index contributed by atoms with van der Waals surface area (Å²) in [5, 5.41) is 5.89. The Morgan fingerprint density at radius 2 is 1.52 bits per heavy atom. The van der Waals surface area contributed by atoms with Crippen LogP contribution < -0.4 is 15.5 Å². The van der Waals surface area contributed by atoms with E-state index in [9.17, 15) is 18.0 Å². The Labute approximate surface area is 163 Å². The van der Waals surface area contributed by atoms with E-state index in [1.54, 1.807) is 43.4 Å². The fourth-order valence-corrected chi connectivity index (χ4v) is 3.41. The predicted molar refractivity (Wildman–Crippen MR) is 105 cm³/mol. The number of hydrogen-bond donors (Lipinski definition) is 3. The van der Waals surface area contributed by atoms with Crippen molar-refractivity contribution in [1.82, 2.24) is 0 Å². The molecule has 0 radical (unpaired) electrons. The maximum Gasteiger partial charge on any atom is 0.279 e. The molecule has 2 amide bonds. The molecule has 0 aliphatic heterocycles. The number of carbonyl (C=O) groups excluding carboxylic acids is 2. The summed E-state index contributed by atoms with van der Waals surface area (Å²) in [7, 11) is -1.76. The van der Waals surface area contributed by atoms with Gasteiger partial charge in [0.1, 0.15) is 0 Å². The van der Waals surface area contributed by atoms with Crippen LogP contribution in [0, 0.1) is 0 Å². The number of halogens is 1. The molecule has 9 heteroatoms. The monoisotopic (exact) mass is 410 g/mol. The third kappa shape index (κ3) is 6.67. The van der Waals surface area contributed by atoms with Crippen molar-refractivity contribution in [2.45, 2.75) is 4.90 Å². The van der Waals surface area contributed by atoms with Gasteiger partial charge in [0, 0.05) is 17.0 Å². The maximum absolute atomic E-state index is 12.2. The predicted octanol–water partition coefficient (Wildman–Crippen LogP) is 0.835. The molecule has 1 atom stereocenters. The SMILES string of the molecule is C[NH+](CC(=O)Nc1ccc(Cl)cc1)CC(=O)Nc1ccccc1S(C)(=O)=O. The van der Waals surface area contributed by atoms with E-state index in [-0.39, 0.29) is 35.5 Å². The normalized spacial score (nSPS) is 12.3. The van der Waals surface area contributed by atoms with Crippen molar-refractivity contribution >= 4 is 44.6 Å². The van der Waals surface area contributed by atoms with E-state index in [4.69, 9.17) is 11.6 Å². The first-order valence-corrected chi connectivity index (χ1v) is 10.4. The van der Waals surface area contributed by atoms with Gasteiger partial charge in [-0.25, -0.2) is 8.42 Å². The summed E-state index contributed by atoms with van der Waals surface area (Å²) < 4.78 is 23.6. The van der Waals surface area contributed by atoms with Gasteiger partial charge in [0.2, 0.25) is 0 Å². The van der Waals surface area contributed by atoms with E-state index in [1.165, 1.54) is 12.1 Å². The van der Waals surface area contributed by atoms with Gasteiger partial charge in [0.15, 0.2) is 22.9 Å². The lowest BCUT2D eigenvalue weighted by Crippen LogP contribution is -3.11. The van der Waals surface area contributed by atoms with E-state index in [0.717, 1.165) is 6.26 Å². The molecule has 0 fully saturated rings. The zero-order chi connectivity index (χ0) is 20.0. The Hall–Kier alpha value is -2.42. The lowest BCUT2D eigenvalue weighted by atomic mass is 10.3. The van der Waals surface area contributed by atoms with Gasteiger partial charge in [-0.3, -0.25) is 9.59 Å². The van der Waals surface area contributed by atoms with E-state index < -0.39 is 9.84 Å². The number of para-hydroxylation sites is 1. The van der Waals surface area contributed by atoms with Gasteiger partial charge in [0.05, 0.1) is 17.6 Å². The number of hydrogen-bond acceptors (Lipinski definition) is 4. The minimum Gasteiger partial charge on any atom is -0.322 e. The van der Waals surface area contributed by atoms with Crippen molar-refractivity contribution < 1.29 is 22.9 Å². The minimum atomic E-state index is -3.46. The molecular weight excluding hydrogens is 390 g/mol. The Bertz CT molecular complexity index is 930. The van der Waals surface area contributed by atoms with Crippen molar-refractivity contribution in [1.29, 1.82) is 0 Å². The van der Waals surface area contributed by atoms with Gasteiger partial charge in [-0.2, -0.15) is 0 Å². The number of anilines is 2. The molecular formula is C18H21ClN3O4S+. The van der Waals surface area contributed by atoms with Gasteiger partial charge in [-0.15, -0.1) is 0 Å². The Balaban J connectivity index is 1.90. The van der Waals surface area contributed by atoms with E-state index in [1.807, 2.05) is 0 Å².